The third-order valence-electron chi connectivity index (χ3n) is 4.82. The van der Waals surface area contributed by atoms with Crippen molar-refractivity contribution in [2.24, 2.45) is 4.99 Å². The van der Waals surface area contributed by atoms with Crippen molar-refractivity contribution in [2.45, 2.75) is 13.0 Å². The van der Waals surface area contributed by atoms with Crippen LogP contribution in [0.2, 0.25) is 0 Å². The maximum atomic E-state index is 4.31. The molecule has 144 valence electrons. The largest absolute Gasteiger partial charge is 0.369 e. The molecular weight excluding hydrogens is 336 g/mol. The SMILES string of the molecule is CN=C(NCCCN1CCN(c2ccccc2)CC1)NCc1ccccn1. The summed E-state index contributed by atoms with van der Waals surface area (Å²) in [5, 5.41) is 6.69. The highest BCUT2D eigenvalue weighted by Crippen LogP contribution is 2.15. The first-order valence-electron chi connectivity index (χ1n) is 9.72. The predicted molar refractivity (Wildman–Crippen MR) is 112 cm³/mol. The van der Waals surface area contributed by atoms with Crippen LogP contribution >= 0.6 is 0 Å². The van der Waals surface area contributed by atoms with Gasteiger partial charge < -0.3 is 15.5 Å². The fourth-order valence-electron chi connectivity index (χ4n) is 3.28. The van der Waals surface area contributed by atoms with Gasteiger partial charge in [0.15, 0.2) is 5.96 Å². The van der Waals surface area contributed by atoms with Gasteiger partial charge in [-0.05, 0) is 37.2 Å². The Morgan fingerprint density at radius 2 is 1.78 bits per heavy atom. The van der Waals surface area contributed by atoms with Crippen LogP contribution in [-0.4, -0.2) is 62.2 Å². The van der Waals surface area contributed by atoms with Crippen LogP contribution in [-0.2, 0) is 6.54 Å². The summed E-state index contributed by atoms with van der Waals surface area (Å²) in [4.78, 5) is 13.6. The van der Waals surface area contributed by atoms with Crippen LogP contribution in [0.4, 0.5) is 5.69 Å². The Balaban J connectivity index is 1.30. The first-order chi connectivity index (χ1) is 13.3. The molecule has 0 radical (unpaired) electrons. The lowest BCUT2D eigenvalue weighted by molar-refractivity contribution is 0.255. The van der Waals surface area contributed by atoms with Crippen molar-refractivity contribution in [1.29, 1.82) is 0 Å². The number of aromatic nitrogens is 1. The molecule has 2 heterocycles. The van der Waals surface area contributed by atoms with E-state index >= 15 is 0 Å². The number of para-hydroxylation sites is 1. The number of pyridine rings is 1. The van der Waals surface area contributed by atoms with Crippen molar-refractivity contribution in [2.75, 3.05) is 51.2 Å². The fraction of sp³-hybridized carbons (Fsp3) is 0.429. The third-order valence-corrected chi connectivity index (χ3v) is 4.82. The van der Waals surface area contributed by atoms with E-state index < -0.39 is 0 Å². The molecule has 1 fully saturated rings. The summed E-state index contributed by atoms with van der Waals surface area (Å²) >= 11 is 0. The highest BCUT2D eigenvalue weighted by molar-refractivity contribution is 5.79. The summed E-state index contributed by atoms with van der Waals surface area (Å²) in [5.74, 6) is 0.828. The van der Waals surface area contributed by atoms with Gasteiger partial charge in [0.25, 0.3) is 0 Å². The number of guanidine groups is 1. The molecule has 6 heteroatoms. The van der Waals surface area contributed by atoms with Gasteiger partial charge in [0.2, 0.25) is 0 Å². The van der Waals surface area contributed by atoms with Crippen molar-refractivity contribution >= 4 is 11.6 Å². The van der Waals surface area contributed by atoms with Gasteiger partial charge in [-0.3, -0.25) is 14.9 Å². The van der Waals surface area contributed by atoms with Gasteiger partial charge in [-0.15, -0.1) is 0 Å². The van der Waals surface area contributed by atoms with Crippen LogP contribution in [0.1, 0.15) is 12.1 Å². The first kappa shape index (κ1) is 19.2. The molecule has 27 heavy (non-hydrogen) atoms. The van der Waals surface area contributed by atoms with Gasteiger partial charge >= 0.3 is 0 Å². The Morgan fingerprint density at radius 1 is 1.00 bits per heavy atom. The van der Waals surface area contributed by atoms with Crippen LogP contribution < -0.4 is 15.5 Å². The van der Waals surface area contributed by atoms with Crippen molar-refractivity contribution in [3.63, 3.8) is 0 Å². The number of aliphatic imine (C=N–C) groups is 1. The highest BCUT2D eigenvalue weighted by Gasteiger charge is 2.16. The van der Waals surface area contributed by atoms with Gasteiger partial charge in [0.1, 0.15) is 0 Å². The number of piperazine rings is 1. The summed E-state index contributed by atoms with van der Waals surface area (Å²) in [6.45, 7) is 7.17. The topological polar surface area (TPSA) is 55.8 Å². The number of anilines is 1. The number of hydrogen-bond acceptors (Lipinski definition) is 4. The number of hydrogen-bond donors (Lipinski definition) is 2. The van der Waals surface area contributed by atoms with Crippen LogP contribution in [0.3, 0.4) is 0 Å². The molecule has 0 saturated carbocycles. The Hall–Kier alpha value is -2.60. The Labute approximate surface area is 162 Å². The van der Waals surface area contributed by atoms with E-state index in [1.54, 1.807) is 7.05 Å². The van der Waals surface area contributed by atoms with Gasteiger partial charge in [0, 0.05) is 51.7 Å². The molecule has 2 aromatic rings. The molecule has 0 aliphatic carbocycles. The normalized spacial score (nSPS) is 15.6. The van der Waals surface area contributed by atoms with E-state index in [1.165, 1.54) is 5.69 Å². The average molecular weight is 367 g/mol. The van der Waals surface area contributed by atoms with Gasteiger partial charge in [-0.1, -0.05) is 24.3 Å². The lowest BCUT2D eigenvalue weighted by Crippen LogP contribution is -2.47. The van der Waals surface area contributed by atoms with Crippen molar-refractivity contribution in [3.05, 3.63) is 60.4 Å². The fourth-order valence-corrected chi connectivity index (χ4v) is 3.28. The van der Waals surface area contributed by atoms with E-state index in [1.807, 2.05) is 24.4 Å². The molecular formula is C21H30N6. The number of nitrogens with one attached hydrogen (secondary N) is 2. The van der Waals surface area contributed by atoms with Crippen LogP contribution in [0.15, 0.2) is 59.7 Å². The predicted octanol–water partition coefficient (Wildman–Crippen LogP) is 1.96. The number of nitrogens with zero attached hydrogens (tertiary/aromatic N) is 4. The zero-order valence-electron chi connectivity index (χ0n) is 16.1. The Bertz CT molecular complexity index is 680. The molecule has 3 rings (SSSR count). The number of rotatable bonds is 7. The van der Waals surface area contributed by atoms with Crippen molar-refractivity contribution < 1.29 is 0 Å². The standard InChI is InChI=1S/C21H30N6/c1-22-21(25-18-19-8-5-6-11-23-19)24-12-7-13-26-14-16-27(17-15-26)20-9-3-2-4-10-20/h2-6,8-11H,7,12-18H2,1H3,(H2,22,24,25). The lowest BCUT2D eigenvalue weighted by Gasteiger charge is -2.36. The van der Waals surface area contributed by atoms with E-state index in [4.69, 9.17) is 0 Å². The van der Waals surface area contributed by atoms with Gasteiger partial charge in [0.05, 0.1) is 12.2 Å². The molecule has 1 aliphatic heterocycles. The molecule has 0 amide bonds. The summed E-state index contributed by atoms with van der Waals surface area (Å²) in [7, 11) is 1.80. The second-order valence-corrected chi connectivity index (χ2v) is 6.69. The van der Waals surface area contributed by atoms with E-state index in [2.05, 4.69) is 60.7 Å². The number of benzene rings is 1. The van der Waals surface area contributed by atoms with E-state index in [-0.39, 0.29) is 0 Å². The molecule has 0 spiro atoms. The summed E-state index contributed by atoms with van der Waals surface area (Å²) in [6, 6.07) is 16.6. The summed E-state index contributed by atoms with van der Waals surface area (Å²) in [6.07, 6.45) is 2.92. The van der Waals surface area contributed by atoms with E-state index in [0.717, 1.165) is 57.3 Å². The highest BCUT2D eigenvalue weighted by atomic mass is 15.3. The zero-order chi connectivity index (χ0) is 18.7. The zero-order valence-corrected chi connectivity index (χ0v) is 16.1. The van der Waals surface area contributed by atoms with Gasteiger partial charge in [-0.25, -0.2) is 0 Å². The van der Waals surface area contributed by atoms with Crippen LogP contribution in [0.25, 0.3) is 0 Å². The molecule has 2 N–H and O–H groups in total. The minimum Gasteiger partial charge on any atom is -0.369 e. The molecule has 1 aromatic heterocycles. The second kappa shape index (κ2) is 10.5. The quantitative estimate of drug-likeness (QED) is 0.446. The van der Waals surface area contributed by atoms with Crippen LogP contribution in [0.5, 0.6) is 0 Å². The van der Waals surface area contributed by atoms with E-state index in [9.17, 15) is 0 Å². The molecule has 0 atom stereocenters. The molecule has 0 bridgehead atoms. The monoisotopic (exact) mass is 366 g/mol. The molecule has 1 aromatic carbocycles. The Kier molecular flexibility index (Phi) is 7.47. The first-order valence-corrected chi connectivity index (χ1v) is 9.72. The summed E-state index contributed by atoms with van der Waals surface area (Å²) in [5.41, 5.74) is 2.35. The van der Waals surface area contributed by atoms with Crippen molar-refractivity contribution in [1.82, 2.24) is 20.5 Å². The second-order valence-electron chi connectivity index (χ2n) is 6.69. The van der Waals surface area contributed by atoms with Crippen molar-refractivity contribution in [3.8, 4) is 0 Å². The molecule has 1 aliphatic rings. The smallest absolute Gasteiger partial charge is 0.191 e. The third kappa shape index (κ3) is 6.25. The lowest BCUT2D eigenvalue weighted by atomic mass is 10.2. The molecule has 1 saturated heterocycles. The minimum absolute atomic E-state index is 0.682. The average Bonchev–Trinajstić information content (AvgIpc) is 2.75. The van der Waals surface area contributed by atoms with Crippen LogP contribution in [0, 0.1) is 0 Å². The molecule has 0 unspecified atom stereocenters. The Morgan fingerprint density at radius 3 is 2.48 bits per heavy atom. The molecule has 6 nitrogen and oxygen atoms in total. The summed E-state index contributed by atoms with van der Waals surface area (Å²) < 4.78 is 0. The minimum atomic E-state index is 0.682. The van der Waals surface area contributed by atoms with E-state index in [0.29, 0.717) is 6.54 Å². The maximum Gasteiger partial charge on any atom is 0.191 e. The van der Waals surface area contributed by atoms with Gasteiger partial charge in [-0.2, -0.15) is 0 Å². The maximum absolute atomic E-state index is 4.31.